The molecule has 0 unspecified atom stereocenters. The zero-order valence-corrected chi connectivity index (χ0v) is 11.1. The summed E-state index contributed by atoms with van der Waals surface area (Å²) in [6.07, 6.45) is 1.24. The number of sulfonamides is 1. The van der Waals surface area contributed by atoms with E-state index in [-0.39, 0.29) is 4.90 Å². The summed E-state index contributed by atoms with van der Waals surface area (Å²) in [6, 6.07) is 9.99. The Labute approximate surface area is 111 Å². The third-order valence-electron chi connectivity index (χ3n) is 2.50. The van der Waals surface area contributed by atoms with Gasteiger partial charge in [0, 0.05) is 11.9 Å². The fraction of sp³-hybridized carbons (Fsp3) is 0.0833. The van der Waals surface area contributed by atoms with Crippen molar-refractivity contribution in [3.05, 3.63) is 48.2 Å². The van der Waals surface area contributed by atoms with E-state index in [2.05, 4.69) is 15.1 Å². The minimum Gasteiger partial charge on any atom is -0.308 e. The van der Waals surface area contributed by atoms with Crippen molar-refractivity contribution < 1.29 is 8.42 Å². The zero-order valence-electron chi connectivity index (χ0n) is 10.3. The highest BCUT2D eigenvalue weighted by molar-refractivity contribution is 7.92. The molecule has 2 aromatic rings. The number of nitrogen functional groups attached to an aromatic ring is 1. The average Bonchev–Trinajstić information content (AvgIpc) is 2.41. The van der Waals surface area contributed by atoms with Crippen LogP contribution in [0, 0.1) is 6.92 Å². The number of rotatable bonds is 4. The molecule has 0 radical (unpaired) electrons. The fourth-order valence-corrected chi connectivity index (χ4v) is 2.46. The van der Waals surface area contributed by atoms with Crippen molar-refractivity contribution in [2.24, 2.45) is 5.84 Å². The monoisotopic (exact) mass is 278 g/mol. The molecule has 0 bridgehead atoms. The third kappa shape index (κ3) is 3.21. The molecule has 1 aromatic heterocycles. The van der Waals surface area contributed by atoms with Crippen molar-refractivity contribution in [3.8, 4) is 0 Å². The van der Waals surface area contributed by atoms with E-state index in [0.29, 0.717) is 11.5 Å². The quantitative estimate of drug-likeness (QED) is 0.581. The number of anilines is 2. The van der Waals surface area contributed by atoms with E-state index in [4.69, 9.17) is 5.84 Å². The van der Waals surface area contributed by atoms with Crippen LogP contribution in [0.2, 0.25) is 0 Å². The largest absolute Gasteiger partial charge is 0.308 e. The molecular weight excluding hydrogens is 264 g/mol. The summed E-state index contributed by atoms with van der Waals surface area (Å²) in [6.45, 7) is 1.93. The predicted molar refractivity (Wildman–Crippen MR) is 74.0 cm³/mol. The molecule has 0 aliphatic heterocycles. The Morgan fingerprint density at radius 2 is 1.79 bits per heavy atom. The van der Waals surface area contributed by atoms with Crippen molar-refractivity contribution in [2.45, 2.75) is 11.8 Å². The highest BCUT2D eigenvalue weighted by atomic mass is 32.2. The summed E-state index contributed by atoms with van der Waals surface area (Å²) in [5.74, 6) is 5.57. The van der Waals surface area contributed by atoms with Crippen LogP contribution < -0.4 is 16.0 Å². The van der Waals surface area contributed by atoms with Gasteiger partial charge in [0.15, 0.2) is 0 Å². The summed E-state index contributed by atoms with van der Waals surface area (Å²) in [4.78, 5) is 3.94. The summed E-state index contributed by atoms with van der Waals surface area (Å²) < 4.78 is 26.6. The molecule has 0 fully saturated rings. The van der Waals surface area contributed by atoms with Crippen molar-refractivity contribution >= 4 is 21.5 Å². The highest BCUT2D eigenvalue weighted by Crippen LogP contribution is 2.16. The normalized spacial score (nSPS) is 11.1. The van der Waals surface area contributed by atoms with Crippen molar-refractivity contribution in [3.63, 3.8) is 0 Å². The molecule has 0 saturated heterocycles. The zero-order chi connectivity index (χ0) is 13.9. The van der Waals surface area contributed by atoms with E-state index >= 15 is 0 Å². The molecular formula is C12H14N4O2S. The lowest BCUT2D eigenvalue weighted by Gasteiger charge is -2.08. The number of nitrogens with one attached hydrogen (secondary N) is 2. The SMILES string of the molecule is Cc1ccc(NS(=O)(=O)c2ccc(NN)nc2)cc1. The first-order valence-electron chi connectivity index (χ1n) is 5.53. The van der Waals surface area contributed by atoms with Gasteiger partial charge in [-0.3, -0.25) is 4.72 Å². The Morgan fingerprint density at radius 3 is 2.32 bits per heavy atom. The molecule has 1 aromatic carbocycles. The highest BCUT2D eigenvalue weighted by Gasteiger charge is 2.14. The third-order valence-corrected chi connectivity index (χ3v) is 3.86. The van der Waals surface area contributed by atoms with Crippen LogP contribution >= 0.6 is 0 Å². The van der Waals surface area contributed by atoms with Crippen LogP contribution in [0.4, 0.5) is 11.5 Å². The summed E-state index contributed by atoms with van der Waals surface area (Å²) >= 11 is 0. The van der Waals surface area contributed by atoms with Crippen molar-refractivity contribution in [1.29, 1.82) is 0 Å². The van der Waals surface area contributed by atoms with E-state index in [1.54, 1.807) is 12.1 Å². The molecule has 19 heavy (non-hydrogen) atoms. The van der Waals surface area contributed by atoms with Gasteiger partial charge in [-0.2, -0.15) is 0 Å². The lowest BCUT2D eigenvalue weighted by Crippen LogP contribution is -2.14. The maximum absolute atomic E-state index is 12.1. The molecule has 2 rings (SSSR count). The molecule has 0 saturated carbocycles. The minimum absolute atomic E-state index is 0.0760. The second kappa shape index (κ2) is 5.25. The van der Waals surface area contributed by atoms with Gasteiger partial charge in [0.2, 0.25) is 0 Å². The van der Waals surface area contributed by atoms with Gasteiger partial charge in [0.05, 0.1) is 0 Å². The molecule has 100 valence electrons. The molecule has 0 spiro atoms. The lowest BCUT2D eigenvalue weighted by atomic mass is 10.2. The number of aromatic nitrogens is 1. The van der Waals surface area contributed by atoms with E-state index < -0.39 is 10.0 Å². The number of nitrogens with zero attached hydrogens (tertiary/aromatic N) is 1. The van der Waals surface area contributed by atoms with Crippen LogP contribution in [-0.4, -0.2) is 13.4 Å². The average molecular weight is 278 g/mol. The molecule has 4 N–H and O–H groups in total. The molecule has 0 aliphatic rings. The molecule has 0 atom stereocenters. The van der Waals surface area contributed by atoms with Crippen LogP contribution in [0.25, 0.3) is 0 Å². The number of benzene rings is 1. The van der Waals surface area contributed by atoms with Gasteiger partial charge in [0.1, 0.15) is 10.7 Å². The number of hydrazine groups is 1. The number of aryl methyl sites for hydroxylation is 1. The number of nitrogens with two attached hydrogens (primary N) is 1. The van der Waals surface area contributed by atoms with Gasteiger partial charge in [-0.1, -0.05) is 17.7 Å². The second-order valence-electron chi connectivity index (χ2n) is 4.00. The van der Waals surface area contributed by atoms with E-state index in [1.807, 2.05) is 19.1 Å². The van der Waals surface area contributed by atoms with Gasteiger partial charge < -0.3 is 5.43 Å². The Balaban J connectivity index is 2.24. The Bertz CT molecular complexity index is 651. The number of pyridine rings is 1. The fourth-order valence-electron chi connectivity index (χ4n) is 1.46. The standard InChI is InChI=1S/C12H14N4O2S/c1-9-2-4-10(5-3-9)16-19(17,18)11-6-7-12(15-13)14-8-11/h2-8,16H,13H2,1H3,(H,14,15). The molecule has 6 nitrogen and oxygen atoms in total. The summed E-state index contributed by atoms with van der Waals surface area (Å²) in [7, 11) is -3.63. The molecule has 0 amide bonds. The van der Waals surface area contributed by atoms with Crippen LogP contribution in [0.15, 0.2) is 47.5 Å². The van der Waals surface area contributed by atoms with Gasteiger partial charge in [-0.05, 0) is 31.2 Å². The van der Waals surface area contributed by atoms with Gasteiger partial charge >= 0.3 is 0 Å². The van der Waals surface area contributed by atoms with Gasteiger partial charge in [-0.25, -0.2) is 19.2 Å². The Kier molecular flexibility index (Phi) is 3.68. The number of hydrogen-bond donors (Lipinski definition) is 3. The van der Waals surface area contributed by atoms with Crippen LogP contribution in [0.3, 0.4) is 0 Å². The molecule has 1 heterocycles. The minimum atomic E-state index is -3.63. The van der Waals surface area contributed by atoms with Crippen molar-refractivity contribution in [1.82, 2.24) is 4.98 Å². The maximum Gasteiger partial charge on any atom is 0.263 e. The first-order chi connectivity index (χ1) is 9.01. The van der Waals surface area contributed by atoms with E-state index in [9.17, 15) is 8.42 Å². The van der Waals surface area contributed by atoms with Gasteiger partial charge in [0.25, 0.3) is 10.0 Å². The van der Waals surface area contributed by atoms with Crippen LogP contribution in [-0.2, 0) is 10.0 Å². The molecule has 0 aliphatic carbocycles. The van der Waals surface area contributed by atoms with Crippen LogP contribution in [0.5, 0.6) is 0 Å². The lowest BCUT2D eigenvalue weighted by molar-refractivity contribution is 0.601. The summed E-state index contributed by atoms with van der Waals surface area (Å²) in [5.41, 5.74) is 3.90. The Morgan fingerprint density at radius 1 is 1.11 bits per heavy atom. The predicted octanol–water partition coefficient (Wildman–Crippen LogP) is 1.48. The van der Waals surface area contributed by atoms with Gasteiger partial charge in [-0.15, -0.1) is 0 Å². The molecule has 7 heteroatoms. The van der Waals surface area contributed by atoms with Crippen LogP contribution in [0.1, 0.15) is 5.56 Å². The topological polar surface area (TPSA) is 97.1 Å². The Hall–Kier alpha value is -2.12. The first-order valence-corrected chi connectivity index (χ1v) is 7.02. The summed E-state index contributed by atoms with van der Waals surface area (Å²) in [5, 5.41) is 0. The first kappa shape index (κ1) is 13.3. The number of hydrogen-bond acceptors (Lipinski definition) is 5. The smallest absolute Gasteiger partial charge is 0.263 e. The maximum atomic E-state index is 12.1. The van der Waals surface area contributed by atoms with Crippen molar-refractivity contribution in [2.75, 3.05) is 10.1 Å². The second-order valence-corrected chi connectivity index (χ2v) is 5.68. The van der Waals surface area contributed by atoms with E-state index in [1.165, 1.54) is 18.3 Å². The van der Waals surface area contributed by atoms with E-state index in [0.717, 1.165) is 5.56 Å².